The number of carbonyl (C=O) groups excluding carboxylic acids is 3. The predicted molar refractivity (Wildman–Crippen MR) is 116 cm³/mol. The zero-order valence-electron chi connectivity index (χ0n) is 18.6. The highest BCUT2D eigenvalue weighted by Crippen LogP contribution is 2.35. The first-order valence-corrected chi connectivity index (χ1v) is 11.1. The van der Waals surface area contributed by atoms with Gasteiger partial charge in [-0.1, -0.05) is 0 Å². The van der Waals surface area contributed by atoms with Crippen molar-refractivity contribution in [3.63, 3.8) is 0 Å². The largest absolute Gasteiger partial charge is 0.471 e. The first-order valence-electron chi connectivity index (χ1n) is 10.7. The van der Waals surface area contributed by atoms with Crippen LogP contribution in [0.5, 0.6) is 0 Å². The van der Waals surface area contributed by atoms with Crippen LogP contribution in [0.3, 0.4) is 0 Å². The van der Waals surface area contributed by atoms with E-state index in [-0.39, 0.29) is 24.3 Å². The van der Waals surface area contributed by atoms with Gasteiger partial charge in [0, 0.05) is 45.0 Å². The number of hydrogen-bond donors (Lipinski definition) is 0. The van der Waals surface area contributed by atoms with Crippen molar-refractivity contribution >= 4 is 40.0 Å². The van der Waals surface area contributed by atoms with Crippen molar-refractivity contribution in [1.29, 1.82) is 0 Å². The Balaban J connectivity index is 2.06. The van der Waals surface area contributed by atoms with Gasteiger partial charge in [-0.3, -0.25) is 19.3 Å². The van der Waals surface area contributed by atoms with Gasteiger partial charge in [0.1, 0.15) is 0 Å². The molecule has 2 fully saturated rings. The Morgan fingerprint density at radius 1 is 0.971 bits per heavy atom. The third kappa shape index (κ3) is 6.18. The van der Waals surface area contributed by atoms with Crippen LogP contribution in [-0.2, 0) is 9.59 Å². The van der Waals surface area contributed by atoms with Gasteiger partial charge in [-0.15, -0.1) is 0 Å². The van der Waals surface area contributed by atoms with E-state index in [0.29, 0.717) is 36.8 Å². The minimum atomic E-state index is -5.40. The smallest absolute Gasteiger partial charge is 0.369 e. The van der Waals surface area contributed by atoms with Crippen LogP contribution < -0.4 is 9.80 Å². The number of rotatable bonds is 4. The molecule has 0 aliphatic carbocycles. The summed E-state index contributed by atoms with van der Waals surface area (Å²) in [7, 11) is 1.90. The summed E-state index contributed by atoms with van der Waals surface area (Å²) in [5.41, 5.74) is -0.440. The van der Waals surface area contributed by atoms with Crippen molar-refractivity contribution in [1.82, 2.24) is 9.80 Å². The molecule has 1 unspecified atom stereocenters. The number of nitrogens with zero attached hydrogens (tertiary/aromatic N) is 4. The molecule has 0 spiro atoms. The normalized spacial score (nSPS) is 20.1. The van der Waals surface area contributed by atoms with E-state index in [0.717, 1.165) is 0 Å². The Bertz CT molecular complexity index is 979. The predicted octanol–water partition coefficient (Wildman–Crippen LogP) is 3.27. The van der Waals surface area contributed by atoms with E-state index in [9.17, 15) is 40.7 Å². The SMILES string of the molecule is CN1CCN(c2ccc(C(=O)Cl)c(N(C(=O)C(F)(F)F)C3CCCN(C(=O)C(F)(F)F)C3)c2)CC1. The molecule has 2 amide bonds. The second-order valence-corrected chi connectivity index (χ2v) is 8.83. The molecule has 2 heterocycles. The van der Waals surface area contributed by atoms with Gasteiger partial charge in [0.15, 0.2) is 0 Å². The molecule has 0 saturated carbocycles. The summed E-state index contributed by atoms with van der Waals surface area (Å²) in [5, 5.41) is -1.14. The van der Waals surface area contributed by atoms with Crippen LogP contribution in [0.2, 0.25) is 0 Å². The van der Waals surface area contributed by atoms with Crippen LogP contribution in [0.15, 0.2) is 18.2 Å². The summed E-state index contributed by atoms with van der Waals surface area (Å²) in [6, 6.07) is 2.44. The average molecular weight is 529 g/mol. The van der Waals surface area contributed by atoms with E-state index < -0.39 is 53.2 Å². The zero-order chi connectivity index (χ0) is 26.1. The molecule has 1 atom stereocenters. The maximum absolute atomic E-state index is 13.6. The molecule has 1 aromatic rings. The molecule has 1 aromatic carbocycles. The number of likely N-dealkylation sites (N-methyl/N-ethyl adjacent to an activating group) is 1. The van der Waals surface area contributed by atoms with Crippen molar-refractivity contribution < 1.29 is 40.7 Å². The van der Waals surface area contributed by atoms with E-state index in [2.05, 4.69) is 0 Å². The molecule has 7 nitrogen and oxygen atoms in total. The van der Waals surface area contributed by atoms with Crippen molar-refractivity contribution in [2.24, 2.45) is 0 Å². The first-order chi connectivity index (χ1) is 16.2. The average Bonchev–Trinajstić information content (AvgIpc) is 2.78. The molecule has 0 radical (unpaired) electrons. The fraction of sp³-hybridized carbons (Fsp3) is 0.571. The van der Waals surface area contributed by atoms with Crippen LogP contribution in [0.1, 0.15) is 23.2 Å². The molecule has 2 aliphatic rings. The first kappa shape index (κ1) is 27.1. The number of hydrogen-bond acceptors (Lipinski definition) is 5. The maximum atomic E-state index is 13.6. The van der Waals surface area contributed by atoms with E-state index in [1.165, 1.54) is 18.2 Å². The van der Waals surface area contributed by atoms with Crippen LogP contribution in [-0.4, -0.2) is 91.6 Å². The molecule has 0 N–H and O–H groups in total. The Hall–Kier alpha value is -2.54. The number of likely N-dealkylation sites (tertiary alicyclic amines) is 1. The van der Waals surface area contributed by atoms with Crippen molar-refractivity contribution in [2.75, 3.05) is 56.1 Å². The minimum Gasteiger partial charge on any atom is -0.369 e. The summed E-state index contributed by atoms with van der Waals surface area (Å²) >= 11 is 5.61. The van der Waals surface area contributed by atoms with Crippen LogP contribution in [0.25, 0.3) is 0 Å². The molecule has 14 heteroatoms. The van der Waals surface area contributed by atoms with E-state index in [4.69, 9.17) is 11.6 Å². The Labute approximate surface area is 202 Å². The third-order valence-electron chi connectivity index (χ3n) is 6.07. The highest BCUT2D eigenvalue weighted by Gasteiger charge is 2.49. The Morgan fingerprint density at radius 2 is 1.60 bits per heavy atom. The highest BCUT2D eigenvalue weighted by molar-refractivity contribution is 6.68. The second-order valence-electron chi connectivity index (χ2n) is 8.48. The molecule has 0 bridgehead atoms. The summed E-state index contributed by atoms with van der Waals surface area (Å²) in [5.74, 6) is -4.57. The van der Waals surface area contributed by atoms with Gasteiger partial charge in [-0.05, 0) is 49.7 Å². The summed E-state index contributed by atoms with van der Waals surface area (Å²) < 4.78 is 79.8. The van der Waals surface area contributed by atoms with E-state index in [1.54, 1.807) is 0 Å². The standard InChI is InChI=1S/C21H23ClF6N4O3/c1-29-7-9-30(10-8-29)13-4-5-15(17(22)33)16(11-13)32(19(35)21(26,27)28)14-3-2-6-31(12-14)18(34)20(23,24)25/h4-5,11,14H,2-3,6-10,12H2,1H3. The third-order valence-corrected chi connectivity index (χ3v) is 6.28. The zero-order valence-corrected chi connectivity index (χ0v) is 19.4. The topological polar surface area (TPSA) is 64.2 Å². The lowest BCUT2D eigenvalue weighted by Crippen LogP contribution is -2.57. The second kappa shape index (κ2) is 10.2. The van der Waals surface area contributed by atoms with Crippen molar-refractivity contribution in [3.8, 4) is 0 Å². The molecule has 194 valence electrons. The lowest BCUT2D eigenvalue weighted by molar-refractivity contribution is -0.186. The quantitative estimate of drug-likeness (QED) is 0.443. The van der Waals surface area contributed by atoms with E-state index >= 15 is 0 Å². The van der Waals surface area contributed by atoms with Crippen molar-refractivity contribution in [2.45, 2.75) is 31.2 Å². The number of halogens is 7. The van der Waals surface area contributed by atoms with Gasteiger partial charge in [0.05, 0.1) is 17.3 Å². The summed E-state index contributed by atoms with van der Waals surface area (Å²) in [6.07, 6.45) is -10.8. The summed E-state index contributed by atoms with van der Waals surface area (Å²) in [4.78, 5) is 40.9. The van der Waals surface area contributed by atoms with Crippen molar-refractivity contribution in [3.05, 3.63) is 23.8 Å². The van der Waals surface area contributed by atoms with Gasteiger partial charge in [-0.2, -0.15) is 26.3 Å². The fourth-order valence-corrected chi connectivity index (χ4v) is 4.44. The molecular formula is C21H23ClF6N4O3. The molecular weight excluding hydrogens is 506 g/mol. The minimum absolute atomic E-state index is 0.0730. The van der Waals surface area contributed by atoms with Gasteiger partial charge in [0.25, 0.3) is 5.24 Å². The molecule has 35 heavy (non-hydrogen) atoms. The number of anilines is 2. The van der Waals surface area contributed by atoms with Gasteiger partial charge in [-0.25, -0.2) is 0 Å². The van der Waals surface area contributed by atoms with Crippen LogP contribution in [0, 0.1) is 0 Å². The number of benzene rings is 1. The van der Waals surface area contributed by atoms with Gasteiger partial charge in [0.2, 0.25) is 0 Å². The highest BCUT2D eigenvalue weighted by atomic mass is 35.5. The Morgan fingerprint density at radius 3 is 2.14 bits per heavy atom. The fourth-order valence-electron chi connectivity index (χ4n) is 4.28. The van der Waals surface area contributed by atoms with Crippen LogP contribution >= 0.6 is 11.6 Å². The monoisotopic (exact) mass is 528 g/mol. The number of amides is 2. The molecule has 2 aliphatic heterocycles. The lowest BCUT2D eigenvalue weighted by atomic mass is 10.0. The molecule has 2 saturated heterocycles. The summed E-state index contributed by atoms with van der Waals surface area (Å²) in [6.45, 7) is 1.26. The molecule has 3 rings (SSSR count). The molecule has 0 aromatic heterocycles. The van der Waals surface area contributed by atoms with Crippen LogP contribution in [0.4, 0.5) is 37.7 Å². The number of alkyl halides is 6. The number of piperidine rings is 1. The Kier molecular flexibility index (Phi) is 7.89. The lowest BCUT2D eigenvalue weighted by Gasteiger charge is -2.40. The van der Waals surface area contributed by atoms with Gasteiger partial charge >= 0.3 is 24.2 Å². The van der Waals surface area contributed by atoms with Gasteiger partial charge < -0.3 is 14.7 Å². The maximum Gasteiger partial charge on any atom is 0.471 e. The number of carbonyl (C=O) groups is 3. The number of piperazine rings is 1. The van der Waals surface area contributed by atoms with E-state index in [1.807, 2.05) is 16.8 Å².